The molecule has 2 aromatic heterocycles. The summed E-state index contributed by atoms with van der Waals surface area (Å²) in [5.74, 6) is 0.194. The highest BCUT2D eigenvalue weighted by Gasteiger charge is 2.13. The van der Waals surface area contributed by atoms with E-state index in [9.17, 15) is 4.79 Å². The molecule has 2 aromatic rings. The van der Waals surface area contributed by atoms with Crippen LogP contribution in [0.3, 0.4) is 0 Å². The van der Waals surface area contributed by atoms with Crippen LogP contribution in [0.4, 0.5) is 0 Å². The fourth-order valence-electron chi connectivity index (χ4n) is 1.69. The summed E-state index contributed by atoms with van der Waals surface area (Å²) in [6, 6.07) is 2.03. The van der Waals surface area contributed by atoms with Crippen LogP contribution in [0.25, 0.3) is 0 Å². The van der Waals surface area contributed by atoms with Crippen molar-refractivity contribution in [3.8, 4) is 0 Å². The Kier molecular flexibility index (Phi) is 3.19. The van der Waals surface area contributed by atoms with Crippen LogP contribution in [0.1, 0.15) is 27.7 Å². The van der Waals surface area contributed by atoms with Crippen LogP contribution >= 0.6 is 11.3 Å². The van der Waals surface area contributed by atoms with E-state index in [1.165, 1.54) is 11.3 Å². The fourth-order valence-corrected chi connectivity index (χ4v) is 2.62. The van der Waals surface area contributed by atoms with Gasteiger partial charge in [-0.15, -0.1) is 11.3 Å². The molecule has 2 heterocycles. The third-order valence-corrected chi connectivity index (χ3v) is 3.50. The number of hydrogen-bond acceptors (Lipinski definition) is 3. The zero-order valence-electron chi connectivity index (χ0n) is 9.43. The lowest BCUT2D eigenvalue weighted by atomic mass is 10.1. The normalized spacial score (nSPS) is 10.6. The molecule has 0 fully saturated rings. The quantitative estimate of drug-likeness (QED) is 0.762. The first-order valence-electron chi connectivity index (χ1n) is 5.27. The Morgan fingerprint density at radius 1 is 1.56 bits per heavy atom. The van der Waals surface area contributed by atoms with Gasteiger partial charge in [-0.05, 0) is 29.0 Å². The first-order valence-corrected chi connectivity index (χ1v) is 6.15. The van der Waals surface area contributed by atoms with Gasteiger partial charge in [0.1, 0.15) is 0 Å². The summed E-state index contributed by atoms with van der Waals surface area (Å²) in [6.45, 7) is 2.07. The first-order chi connectivity index (χ1) is 7.70. The maximum absolute atomic E-state index is 12.0. The molecule has 0 aliphatic carbocycles. The zero-order chi connectivity index (χ0) is 11.5. The Labute approximate surface area is 98.7 Å². The van der Waals surface area contributed by atoms with Gasteiger partial charge in [-0.2, -0.15) is 5.10 Å². The SMILES string of the molecule is CCc1ccsc1C(=O)Cc1cnn(C)c1. The lowest BCUT2D eigenvalue weighted by molar-refractivity contribution is 0.0996. The highest BCUT2D eigenvalue weighted by molar-refractivity contribution is 7.12. The van der Waals surface area contributed by atoms with Crippen LogP contribution in [0.5, 0.6) is 0 Å². The second kappa shape index (κ2) is 4.61. The monoisotopic (exact) mass is 234 g/mol. The Morgan fingerprint density at radius 2 is 2.38 bits per heavy atom. The zero-order valence-corrected chi connectivity index (χ0v) is 10.3. The molecule has 0 atom stereocenters. The predicted molar refractivity (Wildman–Crippen MR) is 64.9 cm³/mol. The number of nitrogens with zero attached hydrogens (tertiary/aromatic N) is 2. The predicted octanol–water partition coefficient (Wildman–Crippen LogP) is 2.47. The second-order valence-corrected chi connectivity index (χ2v) is 4.67. The standard InChI is InChI=1S/C12H14N2OS/c1-3-10-4-5-16-12(10)11(15)6-9-7-13-14(2)8-9/h4-5,7-8H,3,6H2,1-2H3. The third-order valence-electron chi connectivity index (χ3n) is 2.50. The number of aryl methyl sites for hydroxylation is 2. The van der Waals surface area contributed by atoms with Crippen LogP contribution in [-0.4, -0.2) is 15.6 Å². The van der Waals surface area contributed by atoms with Gasteiger partial charge in [0.25, 0.3) is 0 Å². The van der Waals surface area contributed by atoms with E-state index in [0.29, 0.717) is 6.42 Å². The largest absolute Gasteiger partial charge is 0.293 e. The Hall–Kier alpha value is -1.42. The maximum atomic E-state index is 12.0. The van der Waals surface area contributed by atoms with Gasteiger partial charge in [0.15, 0.2) is 5.78 Å². The van der Waals surface area contributed by atoms with Gasteiger partial charge < -0.3 is 0 Å². The molecule has 0 saturated carbocycles. The van der Waals surface area contributed by atoms with Gasteiger partial charge in [-0.25, -0.2) is 0 Å². The molecule has 84 valence electrons. The van der Waals surface area contributed by atoms with E-state index in [0.717, 1.165) is 22.4 Å². The lowest BCUT2D eigenvalue weighted by Gasteiger charge is -1.98. The number of aromatic nitrogens is 2. The van der Waals surface area contributed by atoms with Crippen molar-refractivity contribution in [3.63, 3.8) is 0 Å². The summed E-state index contributed by atoms with van der Waals surface area (Å²) in [5, 5.41) is 6.04. The van der Waals surface area contributed by atoms with Gasteiger partial charge in [0, 0.05) is 19.7 Å². The molecule has 0 saturated heterocycles. The molecule has 0 unspecified atom stereocenters. The lowest BCUT2D eigenvalue weighted by Crippen LogP contribution is -2.03. The third kappa shape index (κ3) is 2.22. The molecule has 0 bridgehead atoms. The van der Waals surface area contributed by atoms with Crippen molar-refractivity contribution in [1.82, 2.24) is 9.78 Å². The van der Waals surface area contributed by atoms with Gasteiger partial charge in [0.2, 0.25) is 0 Å². The Morgan fingerprint density at radius 3 is 3.00 bits per heavy atom. The van der Waals surface area contributed by atoms with E-state index in [4.69, 9.17) is 0 Å². The minimum atomic E-state index is 0.194. The van der Waals surface area contributed by atoms with Crippen molar-refractivity contribution in [2.45, 2.75) is 19.8 Å². The molecule has 3 nitrogen and oxygen atoms in total. The summed E-state index contributed by atoms with van der Waals surface area (Å²) < 4.78 is 1.72. The number of carbonyl (C=O) groups is 1. The number of ketones is 1. The number of hydrogen-bond donors (Lipinski definition) is 0. The number of carbonyl (C=O) groups excluding carboxylic acids is 1. The summed E-state index contributed by atoms with van der Waals surface area (Å²) >= 11 is 1.53. The van der Waals surface area contributed by atoms with Crippen LogP contribution in [0.2, 0.25) is 0 Å². The van der Waals surface area contributed by atoms with Gasteiger partial charge >= 0.3 is 0 Å². The van der Waals surface area contributed by atoms with E-state index in [1.807, 2.05) is 24.7 Å². The summed E-state index contributed by atoms with van der Waals surface area (Å²) in [6.07, 6.45) is 4.99. The van der Waals surface area contributed by atoms with Crippen LogP contribution in [0.15, 0.2) is 23.8 Å². The van der Waals surface area contributed by atoms with Crippen LogP contribution in [0, 0.1) is 0 Å². The average molecular weight is 234 g/mol. The van der Waals surface area contributed by atoms with Crippen molar-refractivity contribution >= 4 is 17.1 Å². The van der Waals surface area contributed by atoms with Crippen molar-refractivity contribution < 1.29 is 4.79 Å². The van der Waals surface area contributed by atoms with E-state index in [-0.39, 0.29) is 5.78 Å². The van der Waals surface area contributed by atoms with E-state index >= 15 is 0 Å². The molecule has 0 radical (unpaired) electrons. The fraction of sp³-hybridized carbons (Fsp3) is 0.333. The summed E-state index contributed by atoms with van der Waals surface area (Å²) in [5.41, 5.74) is 2.13. The minimum absolute atomic E-state index is 0.194. The maximum Gasteiger partial charge on any atom is 0.177 e. The van der Waals surface area contributed by atoms with Crippen molar-refractivity contribution in [3.05, 3.63) is 39.8 Å². The van der Waals surface area contributed by atoms with Gasteiger partial charge in [0.05, 0.1) is 11.1 Å². The molecule has 0 spiro atoms. The highest BCUT2D eigenvalue weighted by atomic mass is 32.1. The molecule has 16 heavy (non-hydrogen) atoms. The van der Waals surface area contributed by atoms with Gasteiger partial charge in [-0.1, -0.05) is 6.92 Å². The summed E-state index contributed by atoms with van der Waals surface area (Å²) in [7, 11) is 1.86. The first kappa shape index (κ1) is 11.1. The van der Waals surface area contributed by atoms with Crippen molar-refractivity contribution in [2.75, 3.05) is 0 Å². The second-order valence-electron chi connectivity index (χ2n) is 3.75. The van der Waals surface area contributed by atoms with Crippen LogP contribution < -0.4 is 0 Å². The highest BCUT2D eigenvalue weighted by Crippen LogP contribution is 2.19. The molecule has 0 aliphatic heterocycles. The number of Topliss-reactive ketones (excluding diaryl/α,β-unsaturated/α-hetero) is 1. The van der Waals surface area contributed by atoms with Crippen molar-refractivity contribution in [1.29, 1.82) is 0 Å². The molecular formula is C12H14N2OS. The topological polar surface area (TPSA) is 34.9 Å². The van der Waals surface area contributed by atoms with Crippen LogP contribution in [-0.2, 0) is 19.9 Å². The minimum Gasteiger partial charge on any atom is -0.293 e. The molecule has 0 aromatic carbocycles. The number of rotatable bonds is 4. The molecule has 4 heteroatoms. The smallest absolute Gasteiger partial charge is 0.177 e. The van der Waals surface area contributed by atoms with Gasteiger partial charge in [-0.3, -0.25) is 9.48 Å². The molecule has 0 aliphatic rings. The van der Waals surface area contributed by atoms with E-state index in [1.54, 1.807) is 10.9 Å². The van der Waals surface area contributed by atoms with E-state index < -0.39 is 0 Å². The Balaban J connectivity index is 2.14. The Bertz CT molecular complexity index is 499. The molecule has 0 amide bonds. The van der Waals surface area contributed by atoms with E-state index in [2.05, 4.69) is 12.0 Å². The molecular weight excluding hydrogens is 220 g/mol. The average Bonchev–Trinajstić information content (AvgIpc) is 2.86. The summed E-state index contributed by atoms with van der Waals surface area (Å²) in [4.78, 5) is 12.9. The molecule has 0 N–H and O–H groups in total. The number of thiophene rings is 1. The van der Waals surface area contributed by atoms with Crippen molar-refractivity contribution in [2.24, 2.45) is 7.05 Å². The molecule has 2 rings (SSSR count).